The van der Waals surface area contributed by atoms with Crippen LogP contribution >= 0.6 is 0 Å². The second-order valence-corrected chi connectivity index (χ2v) is 4.69. The Labute approximate surface area is 110 Å². The molecule has 1 saturated carbocycles. The normalized spacial score (nSPS) is 14.6. The van der Waals surface area contributed by atoms with E-state index in [0.29, 0.717) is 17.6 Å². The van der Waals surface area contributed by atoms with Crippen LogP contribution in [0.4, 0.5) is 0 Å². The Bertz CT molecular complexity index is 602. The molecule has 1 aromatic heterocycles. The summed E-state index contributed by atoms with van der Waals surface area (Å²) in [7, 11) is 0. The van der Waals surface area contributed by atoms with Crippen LogP contribution in [0, 0.1) is 0 Å². The van der Waals surface area contributed by atoms with Gasteiger partial charge in [-0.2, -0.15) is 0 Å². The smallest absolute Gasteiger partial charge is 0.258 e. The Morgan fingerprint density at radius 2 is 2.21 bits per heavy atom. The van der Waals surface area contributed by atoms with Crippen LogP contribution < -0.4 is 15.8 Å². The van der Waals surface area contributed by atoms with Crippen molar-refractivity contribution in [3.8, 4) is 5.75 Å². The van der Waals surface area contributed by atoms with E-state index in [1.54, 1.807) is 0 Å². The van der Waals surface area contributed by atoms with Crippen molar-refractivity contribution in [2.24, 2.45) is 5.73 Å². The summed E-state index contributed by atoms with van der Waals surface area (Å²) in [6.07, 6.45) is 2.13. The highest BCUT2D eigenvalue weighted by Crippen LogP contribution is 2.32. The zero-order valence-electron chi connectivity index (χ0n) is 10.5. The van der Waals surface area contributed by atoms with Crippen molar-refractivity contribution in [2.45, 2.75) is 25.4 Å². The lowest BCUT2D eigenvalue weighted by molar-refractivity contribution is -0.123. The van der Waals surface area contributed by atoms with Gasteiger partial charge in [0.2, 0.25) is 0 Å². The van der Waals surface area contributed by atoms with Crippen LogP contribution in [-0.4, -0.2) is 18.6 Å². The van der Waals surface area contributed by atoms with Crippen LogP contribution in [0.5, 0.6) is 5.75 Å². The Kier molecular flexibility index (Phi) is 3.13. The fourth-order valence-corrected chi connectivity index (χ4v) is 2.00. The lowest BCUT2D eigenvalue weighted by Gasteiger charge is -2.06. The van der Waals surface area contributed by atoms with Gasteiger partial charge in [0.05, 0.1) is 11.9 Å². The molecule has 5 heteroatoms. The minimum absolute atomic E-state index is 0.00692. The van der Waals surface area contributed by atoms with Crippen LogP contribution in [-0.2, 0) is 11.3 Å². The van der Waals surface area contributed by atoms with Crippen molar-refractivity contribution >= 4 is 16.9 Å². The Hall–Kier alpha value is -2.01. The number of benzene rings is 1. The van der Waals surface area contributed by atoms with Crippen molar-refractivity contribution in [1.29, 1.82) is 0 Å². The molecule has 19 heavy (non-hydrogen) atoms. The van der Waals surface area contributed by atoms with Gasteiger partial charge in [-0.05, 0) is 25.0 Å². The third-order valence-electron chi connectivity index (χ3n) is 3.09. The Balaban J connectivity index is 1.76. The molecule has 0 spiro atoms. The van der Waals surface area contributed by atoms with Gasteiger partial charge in [0.25, 0.3) is 5.91 Å². The van der Waals surface area contributed by atoms with Crippen LogP contribution in [0.2, 0.25) is 0 Å². The molecule has 2 aromatic rings. The molecule has 100 valence electrons. The second kappa shape index (κ2) is 4.93. The van der Waals surface area contributed by atoms with Crippen LogP contribution in [0.15, 0.2) is 28.7 Å². The van der Waals surface area contributed by atoms with Crippen LogP contribution in [0.1, 0.15) is 18.6 Å². The first-order valence-electron chi connectivity index (χ1n) is 6.40. The first-order valence-corrected chi connectivity index (χ1v) is 6.40. The van der Waals surface area contributed by atoms with E-state index in [2.05, 4.69) is 5.32 Å². The van der Waals surface area contributed by atoms with Gasteiger partial charge in [-0.1, -0.05) is 12.1 Å². The van der Waals surface area contributed by atoms with E-state index >= 15 is 0 Å². The van der Waals surface area contributed by atoms with E-state index in [4.69, 9.17) is 14.9 Å². The zero-order valence-corrected chi connectivity index (χ0v) is 10.5. The maximum Gasteiger partial charge on any atom is 0.258 e. The van der Waals surface area contributed by atoms with Gasteiger partial charge in [-0.25, -0.2) is 0 Å². The number of para-hydroxylation sites is 1. The molecule has 1 fully saturated rings. The van der Waals surface area contributed by atoms with E-state index in [-0.39, 0.29) is 19.1 Å². The summed E-state index contributed by atoms with van der Waals surface area (Å²) in [6, 6.07) is 7.87. The molecule has 0 aliphatic heterocycles. The molecular formula is C14H16N2O3. The topological polar surface area (TPSA) is 77.5 Å². The third-order valence-corrected chi connectivity index (χ3v) is 3.09. The number of hydrogen-bond donors (Lipinski definition) is 2. The average molecular weight is 260 g/mol. The fraction of sp³-hybridized carbons (Fsp3) is 0.357. The molecular weight excluding hydrogens is 244 g/mol. The average Bonchev–Trinajstić information content (AvgIpc) is 3.15. The fourth-order valence-electron chi connectivity index (χ4n) is 2.00. The summed E-state index contributed by atoms with van der Waals surface area (Å²) in [5, 5.41) is 3.73. The van der Waals surface area contributed by atoms with E-state index in [1.807, 2.05) is 24.3 Å². The standard InChI is InChI=1S/C14H16N2O3/c15-7-12-14(10-3-1-2-4-11(10)19-12)18-8-13(17)16-9-5-6-9/h1-4,9H,5-8,15H2,(H,16,17). The van der Waals surface area contributed by atoms with Gasteiger partial charge in [-0.3, -0.25) is 4.79 Å². The number of amides is 1. The van der Waals surface area contributed by atoms with Gasteiger partial charge in [0.15, 0.2) is 18.1 Å². The molecule has 1 aliphatic rings. The first-order chi connectivity index (χ1) is 9.28. The highest BCUT2D eigenvalue weighted by atomic mass is 16.5. The molecule has 0 bridgehead atoms. The SMILES string of the molecule is NCc1oc2ccccc2c1OCC(=O)NC1CC1. The van der Waals surface area contributed by atoms with E-state index in [9.17, 15) is 4.79 Å². The molecule has 0 radical (unpaired) electrons. The first kappa shape index (κ1) is 12.0. The lowest BCUT2D eigenvalue weighted by Crippen LogP contribution is -2.30. The van der Waals surface area contributed by atoms with Gasteiger partial charge in [0, 0.05) is 6.04 Å². The van der Waals surface area contributed by atoms with E-state index < -0.39 is 0 Å². The molecule has 1 aliphatic carbocycles. The highest BCUT2D eigenvalue weighted by Gasteiger charge is 2.23. The molecule has 0 saturated heterocycles. The Morgan fingerprint density at radius 3 is 2.95 bits per heavy atom. The monoisotopic (exact) mass is 260 g/mol. The highest BCUT2D eigenvalue weighted by molar-refractivity contribution is 5.86. The van der Waals surface area contributed by atoms with Crippen LogP contribution in [0.25, 0.3) is 11.0 Å². The number of carbonyl (C=O) groups excluding carboxylic acids is 1. The maximum absolute atomic E-state index is 11.6. The quantitative estimate of drug-likeness (QED) is 0.855. The number of rotatable bonds is 5. The number of hydrogen-bond acceptors (Lipinski definition) is 4. The number of nitrogens with one attached hydrogen (secondary N) is 1. The number of furan rings is 1. The number of fused-ring (bicyclic) bond motifs is 1. The van der Waals surface area contributed by atoms with Crippen molar-refractivity contribution in [2.75, 3.05) is 6.61 Å². The van der Waals surface area contributed by atoms with Crippen molar-refractivity contribution in [1.82, 2.24) is 5.32 Å². The second-order valence-electron chi connectivity index (χ2n) is 4.69. The molecule has 5 nitrogen and oxygen atoms in total. The minimum Gasteiger partial charge on any atom is -0.479 e. The number of nitrogens with two attached hydrogens (primary N) is 1. The summed E-state index contributed by atoms with van der Waals surface area (Å²) >= 11 is 0. The third kappa shape index (κ3) is 2.56. The predicted octanol–water partition coefficient (Wildman–Crippen LogP) is 1.55. The summed E-state index contributed by atoms with van der Waals surface area (Å²) in [4.78, 5) is 11.6. The largest absolute Gasteiger partial charge is 0.479 e. The van der Waals surface area contributed by atoms with Crippen LogP contribution in [0.3, 0.4) is 0 Å². The summed E-state index contributed by atoms with van der Waals surface area (Å²) in [5.41, 5.74) is 6.36. The molecule has 1 aromatic carbocycles. The number of ether oxygens (including phenoxy) is 1. The van der Waals surface area contributed by atoms with Gasteiger partial charge in [0.1, 0.15) is 5.58 Å². The summed E-state index contributed by atoms with van der Waals surface area (Å²) in [5.74, 6) is 1.04. The summed E-state index contributed by atoms with van der Waals surface area (Å²) in [6.45, 7) is 0.237. The maximum atomic E-state index is 11.6. The van der Waals surface area contributed by atoms with E-state index in [1.165, 1.54) is 0 Å². The number of carbonyl (C=O) groups is 1. The van der Waals surface area contributed by atoms with Crippen molar-refractivity contribution in [3.05, 3.63) is 30.0 Å². The Morgan fingerprint density at radius 1 is 1.42 bits per heavy atom. The lowest BCUT2D eigenvalue weighted by atomic mass is 10.2. The van der Waals surface area contributed by atoms with Crippen molar-refractivity contribution < 1.29 is 13.9 Å². The molecule has 1 amide bonds. The molecule has 1 heterocycles. The van der Waals surface area contributed by atoms with E-state index in [0.717, 1.165) is 23.8 Å². The van der Waals surface area contributed by atoms with Gasteiger partial charge in [-0.15, -0.1) is 0 Å². The summed E-state index contributed by atoms with van der Waals surface area (Å²) < 4.78 is 11.2. The van der Waals surface area contributed by atoms with Gasteiger partial charge >= 0.3 is 0 Å². The molecule has 0 unspecified atom stereocenters. The zero-order chi connectivity index (χ0) is 13.2. The van der Waals surface area contributed by atoms with Crippen molar-refractivity contribution in [3.63, 3.8) is 0 Å². The molecule has 3 N–H and O–H groups in total. The molecule has 3 rings (SSSR count). The molecule has 0 atom stereocenters. The predicted molar refractivity (Wildman–Crippen MR) is 70.8 cm³/mol. The minimum atomic E-state index is -0.101. The van der Waals surface area contributed by atoms with Gasteiger partial charge < -0.3 is 20.2 Å².